The summed E-state index contributed by atoms with van der Waals surface area (Å²) in [6.07, 6.45) is 0.859. The minimum atomic E-state index is -0.242. The molecule has 22 heavy (non-hydrogen) atoms. The average molecular weight is 304 g/mol. The Morgan fingerprint density at radius 2 is 2.00 bits per heavy atom. The van der Waals surface area contributed by atoms with Crippen molar-refractivity contribution in [3.05, 3.63) is 35.7 Å². The number of benzene rings is 1. The Balaban J connectivity index is 2.34. The number of methoxy groups -OCH3 is 2. The fraction of sp³-hybridized carbons (Fsp3) is 0.400. The Morgan fingerprint density at radius 3 is 2.59 bits per heavy atom. The second kappa shape index (κ2) is 7.56. The van der Waals surface area contributed by atoms with Crippen LogP contribution in [0.15, 0.2) is 24.3 Å². The zero-order chi connectivity index (χ0) is 15.9. The molecular formula is C15H20N4O3. The minimum absolute atomic E-state index is 0.242. The Bertz CT molecular complexity index is 622. The third-order valence-electron chi connectivity index (χ3n) is 3.11. The van der Waals surface area contributed by atoms with Gasteiger partial charge in [0.15, 0.2) is 5.69 Å². The third-order valence-corrected chi connectivity index (χ3v) is 3.11. The van der Waals surface area contributed by atoms with Crippen LogP contribution in [0.4, 0.5) is 0 Å². The highest BCUT2D eigenvalue weighted by Crippen LogP contribution is 2.17. The number of aromatic nitrogens is 3. The van der Waals surface area contributed by atoms with Crippen LogP contribution in [0.1, 0.15) is 29.5 Å². The molecular weight excluding hydrogens is 284 g/mol. The summed E-state index contributed by atoms with van der Waals surface area (Å²) in [6, 6.07) is 7.34. The first kappa shape index (κ1) is 16.0. The van der Waals surface area contributed by atoms with Gasteiger partial charge in [-0.25, -0.2) is 4.68 Å². The van der Waals surface area contributed by atoms with Crippen molar-refractivity contribution in [1.29, 1.82) is 0 Å². The van der Waals surface area contributed by atoms with E-state index in [9.17, 15) is 4.79 Å². The van der Waals surface area contributed by atoms with Gasteiger partial charge < -0.3 is 14.8 Å². The van der Waals surface area contributed by atoms with Crippen LogP contribution >= 0.6 is 0 Å². The summed E-state index contributed by atoms with van der Waals surface area (Å²) in [5.74, 6) is 0.506. The molecule has 1 amide bonds. The SMILES string of the molecule is CCCNC(=O)c1nnn(-c2ccc(OC)cc2)c1COC. The number of ether oxygens (including phenoxy) is 2. The average Bonchev–Trinajstić information content (AvgIpc) is 2.97. The van der Waals surface area contributed by atoms with Crippen LogP contribution in [-0.2, 0) is 11.3 Å². The summed E-state index contributed by atoms with van der Waals surface area (Å²) in [7, 11) is 3.18. The molecule has 2 aromatic rings. The Kier molecular flexibility index (Phi) is 5.48. The van der Waals surface area contributed by atoms with E-state index in [2.05, 4.69) is 15.6 Å². The lowest BCUT2D eigenvalue weighted by Crippen LogP contribution is -2.25. The van der Waals surface area contributed by atoms with Crippen molar-refractivity contribution in [3.63, 3.8) is 0 Å². The smallest absolute Gasteiger partial charge is 0.273 e. The Morgan fingerprint density at radius 1 is 1.27 bits per heavy atom. The zero-order valence-corrected chi connectivity index (χ0v) is 13.0. The van der Waals surface area contributed by atoms with Gasteiger partial charge in [-0.05, 0) is 30.7 Å². The molecule has 7 heteroatoms. The lowest BCUT2D eigenvalue weighted by Gasteiger charge is -2.08. The van der Waals surface area contributed by atoms with Gasteiger partial charge in [0, 0.05) is 13.7 Å². The first-order valence-electron chi connectivity index (χ1n) is 7.07. The van der Waals surface area contributed by atoms with E-state index in [0.717, 1.165) is 17.9 Å². The summed E-state index contributed by atoms with van der Waals surface area (Å²) < 4.78 is 11.9. The maximum absolute atomic E-state index is 12.1. The molecule has 0 fully saturated rings. The van der Waals surface area contributed by atoms with Crippen LogP contribution < -0.4 is 10.1 Å². The van der Waals surface area contributed by atoms with Gasteiger partial charge in [0.2, 0.25) is 0 Å². The van der Waals surface area contributed by atoms with Crippen molar-refractivity contribution in [2.24, 2.45) is 0 Å². The lowest BCUT2D eigenvalue weighted by molar-refractivity contribution is 0.0943. The van der Waals surface area contributed by atoms with Gasteiger partial charge >= 0.3 is 0 Å². The summed E-state index contributed by atoms with van der Waals surface area (Å²) in [5, 5.41) is 10.9. The third kappa shape index (κ3) is 3.43. The predicted octanol–water partition coefficient (Wildman–Crippen LogP) is 1.56. The van der Waals surface area contributed by atoms with E-state index in [1.807, 2.05) is 31.2 Å². The molecule has 1 N–H and O–H groups in total. The van der Waals surface area contributed by atoms with Gasteiger partial charge in [-0.15, -0.1) is 5.10 Å². The van der Waals surface area contributed by atoms with Crippen molar-refractivity contribution in [2.75, 3.05) is 20.8 Å². The molecule has 0 atom stereocenters. The van der Waals surface area contributed by atoms with Crippen LogP contribution in [0.5, 0.6) is 5.75 Å². The molecule has 0 spiro atoms. The monoisotopic (exact) mass is 304 g/mol. The Hall–Kier alpha value is -2.41. The number of carbonyl (C=O) groups is 1. The summed E-state index contributed by atoms with van der Waals surface area (Å²) >= 11 is 0. The molecule has 0 aliphatic carbocycles. The minimum Gasteiger partial charge on any atom is -0.497 e. The second-order valence-corrected chi connectivity index (χ2v) is 4.68. The first-order chi connectivity index (χ1) is 10.7. The van der Waals surface area contributed by atoms with E-state index >= 15 is 0 Å². The summed E-state index contributed by atoms with van der Waals surface area (Å²) in [4.78, 5) is 12.1. The number of hydrogen-bond acceptors (Lipinski definition) is 5. The van der Waals surface area contributed by atoms with Crippen LogP contribution in [0.2, 0.25) is 0 Å². The fourth-order valence-corrected chi connectivity index (χ4v) is 2.00. The number of nitrogens with one attached hydrogen (secondary N) is 1. The van der Waals surface area contributed by atoms with Gasteiger partial charge in [0.1, 0.15) is 11.4 Å². The van der Waals surface area contributed by atoms with Crippen molar-refractivity contribution in [3.8, 4) is 11.4 Å². The lowest BCUT2D eigenvalue weighted by atomic mass is 10.2. The second-order valence-electron chi connectivity index (χ2n) is 4.68. The molecule has 7 nitrogen and oxygen atoms in total. The summed E-state index contributed by atoms with van der Waals surface area (Å²) in [5.41, 5.74) is 1.68. The molecule has 0 aliphatic heterocycles. The van der Waals surface area contributed by atoms with E-state index in [-0.39, 0.29) is 18.2 Å². The van der Waals surface area contributed by atoms with Gasteiger partial charge in [-0.2, -0.15) is 0 Å². The van der Waals surface area contributed by atoms with Crippen LogP contribution in [-0.4, -0.2) is 41.7 Å². The Labute approximate surface area is 129 Å². The predicted molar refractivity (Wildman–Crippen MR) is 81.2 cm³/mol. The van der Waals surface area contributed by atoms with Crippen molar-refractivity contribution in [2.45, 2.75) is 20.0 Å². The fourth-order valence-electron chi connectivity index (χ4n) is 2.00. The van der Waals surface area contributed by atoms with Crippen LogP contribution in [0, 0.1) is 0 Å². The molecule has 0 unspecified atom stereocenters. The molecule has 0 saturated heterocycles. The topological polar surface area (TPSA) is 78.3 Å². The standard InChI is InChI=1S/C15H20N4O3/c1-4-9-16-15(20)14-13(10-21-2)19(18-17-14)11-5-7-12(22-3)8-6-11/h5-8H,4,9-10H2,1-3H3,(H,16,20). The molecule has 118 valence electrons. The molecule has 2 rings (SSSR count). The van der Waals surface area contributed by atoms with Gasteiger partial charge in [0.25, 0.3) is 5.91 Å². The van der Waals surface area contributed by atoms with E-state index < -0.39 is 0 Å². The summed E-state index contributed by atoms with van der Waals surface area (Å²) in [6.45, 7) is 2.83. The number of nitrogens with zero attached hydrogens (tertiary/aromatic N) is 3. The molecule has 0 bridgehead atoms. The molecule has 0 saturated carbocycles. The van der Waals surface area contributed by atoms with E-state index in [4.69, 9.17) is 9.47 Å². The van der Waals surface area contributed by atoms with E-state index in [1.165, 1.54) is 0 Å². The highest BCUT2D eigenvalue weighted by atomic mass is 16.5. The largest absolute Gasteiger partial charge is 0.497 e. The van der Waals surface area contributed by atoms with Crippen LogP contribution in [0.25, 0.3) is 5.69 Å². The zero-order valence-electron chi connectivity index (χ0n) is 13.0. The normalized spacial score (nSPS) is 10.5. The number of hydrogen-bond donors (Lipinski definition) is 1. The highest BCUT2D eigenvalue weighted by Gasteiger charge is 2.20. The highest BCUT2D eigenvalue weighted by molar-refractivity contribution is 5.93. The van der Waals surface area contributed by atoms with Crippen molar-refractivity contribution in [1.82, 2.24) is 20.3 Å². The van der Waals surface area contributed by atoms with Gasteiger partial charge in [-0.1, -0.05) is 12.1 Å². The maximum Gasteiger partial charge on any atom is 0.273 e. The molecule has 0 radical (unpaired) electrons. The van der Waals surface area contributed by atoms with Crippen molar-refractivity contribution >= 4 is 5.91 Å². The number of rotatable bonds is 7. The van der Waals surface area contributed by atoms with Crippen molar-refractivity contribution < 1.29 is 14.3 Å². The molecule has 1 aromatic heterocycles. The quantitative estimate of drug-likeness (QED) is 0.840. The first-order valence-corrected chi connectivity index (χ1v) is 7.07. The molecule has 1 heterocycles. The molecule has 1 aromatic carbocycles. The maximum atomic E-state index is 12.1. The molecule has 0 aliphatic rings. The van der Waals surface area contributed by atoms with Crippen LogP contribution in [0.3, 0.4) is 0 Å². The number of amides is 1. The number of carbonyl (C=O) groups excluding carboxylic acids is 1. The van der Waals surface area contributed by atoms with E-state index in [1.54, 1.807) is 18.9 Å². The van der Waals surface area contributed by atoms with E-state index in [0.29, 0.717) is 12.2 Å². The van der Waals surface area contributed by atoms with Gasteiger partial charge in [-0.3, -0.25) is 4.79 Å². The van der Waals surface area contributed by atoms with Gasteiger partial charge in [0.05, 0.1) is 19.4 Å².